The Bertz CT molecular complexity index is 624. The Morgan fingerprint density at radius 3 is 2.42 bits per heavy atom. The van der Waals surface area contributed by atoms with Crippen LogP contribution < -0.4 is 11.1 Å². The summed E-state index contributed by atoms with van der Waals surface area (Å²) >= 11 is 10.1. The highest BCUT2D eigenvalue weighted by molar-refractivity contribution is 9.11. The lowest BCUT2D eigenvalue weighted by Gasteiger charge is -2.09. The topological polar surface area (TPSA) is 55.1 Å². The number of anilines is 2. The van der Waals surface area contributed by atoms with Gasteiger partial charge < -0.3 is 11.1 Å². The molecule has 3 nitrogen and oxygen atoms in total. The Morgan fingerprint density at radius 2 is 1.74 bits per heavy atom. The van der Waals surface area contributed by atoms with Gasteiger partial charge in [-0.2, -0.15) is 0 Å². The number of hydrogen-bond acceptors (Lipinski definition) is 2. The first-order valence-corrected chi connectivity index (χ1v) is 7.66. The van der Waals surface area contributed by atoms with Gasteiger partial charge in [0.1, 0.15) is 0 Å². The molecule has 0 heterocycles. The number of halogens is 3. The van der Waals surface area contributed by atoms with Crippen LogP contribution in [-0.2, 0) is 0 Å². The minimum Gasteiger partial charge on any atom is -0.399 e. The Labute approximate surface area is 136 Å². The molecule has 0 unspecified atom stereocenters. The molecule has 0 atom stereocenters. The monoisotopic (exact) mass is 446 g/mol. The van der Waals surface area contributed by atoms with Crippen molar-refractivity contribution in [3.63, 3.8) is 0 Å². The van der Waals surface area contributed by atoms with E-state index in [-0.39, 0.29) is 5.91 Å². The molecule has 0 aliphatic rings. The number of carbonyl (C=O) groups is 1. The molecular weight excluding hydrogens is 440 g/mol. The second-order valence-corrected chi connectivity index (χ2v) is 6.54. The van der Waals surface area contributed by atoms with Crippen LogP contribution in [0.2, 0.25) is 0 Å². The smallest absolute Gasteiger partial charge is 0.255 e. The third-order valence-corrected chi connectivity index (χ3v) is 4.00. The number of hydrogen-bond donors (Lipinski definition) is 2. The van der Waals surface area contributed by atoms with E-state index in [9.17, 15) is 4.79 Å². The summed E-state index contributed by atoms with van der Waals surface area (Å²) in [6.45, 7) is 0. The minimum atomic E-state index is -0.216. The average Bonchev–Trinajstić information content (AvgIpc) is 2.32. The van der Waals surface area contributed by atoms with E-state index < -0.39 is 0 Å². The van der Waals surface area contributed by atoms with Crippen molar-refractivity contribution >= 4 is 65.1 Å². The lowest BCUT2D eigenvalue weighted by molar-refractivity contribution is 0.102. The molecule has 2 aromatic carbocycles. The molecule has 0 spiro atoms. The van der Waals surface area contributed by atoms with Gasteiger partial charge in [-0.25, -0.2) is 0 Å². The summed E-state index contributed by atoms with van der Waals surface area (Å²) in [5.41, 5.74) is 7.44. The molecule has 0 bridgehead atoms. The van der Waals surface area contributed by atoms with E-state index in [1.54, 1.807) is 18.2 Å². The fraction of sp³-hybridized carbons (Fsp3) is 0. The molecule has 98 valence electrons. The quantitative estimate of drug-likeness (QED) is 0.648. The first kappa shape index (κ1) is 14.6. The number of rotatable bonds is 2. The minimum absolute atomic E-state index is 0.216. The lowest BCUT2D eigenvalue weighted by atomic mass is 10.2. The highest BCUT2D eigenvalue weighted by atomic mass is 79.9. The van der Waals surface area contributed by atoms with E-state index in [0.29, 0.717) is 16.9 Å². The molecule has 19 heavy (non-hydrogen) atoms. The summed E-state index contributed by atoms with van der Waals surface area (Å²) in [4.78, 5) is 12.2. The standard InChI is InChI=1S/C13H9Br3N2O/c14-8-1-2-11(16)12(6-8)18-13(19)7-3-9(15)5-10(17)4-7/h1-6H,17H2,(H,18,19). The number of benzene rings is 2. The van der Waals surface area contributed by atoms with Crippen molar-refractivity contribution in [2.45, 2.75) is 0 Å². The van der Waals surface area contributed by atoms with Gasteiger partial charge in [0.05, 0.1) is 5.69 Å². The molecule has 0 aliphatic heterocycles. The van der Waals surface area contributed by atoms with Crippen LogP contribution in [0.3, 0.4) is 0 Å². The van der Waals surface area contributed by atoms with Crippen LogP contribution in [0.5, 0.6) is 0 Å². The maximum absolute atomic E-state index is 12.2. The van der Waals surface area contributed by atoms with Gasteiger partial charge >= 0.3 is 0 Å². The van der Waals surface area contributed by atoms with Crippen molar-refractivity contribution in [2.75, 3.05) is 11.1 Å². The maximum atomic E-state index is 12.2. The number of nitrogens with two attached hydrogens (primary N) is 1. The van der Waals surface area contributed by atoms with Crippen LogP contribution in [0.1, 0.15) is 10.4 Å². The van der Waals surface area contributed by atoms with E-state index in [1.165, 1.54) is 0 Å². The Morgan fingerprint density at radius 1 is 1.00 bits per heavy atom. The summed E-state index contributed by atoms with van der Waals surface area (Å²) in [6.07, 6.45) is 0. The molecule has 0 saturated carbocycles. The number of nitrogen functional groups attached to an aromatic ring is 1. The zero-order valence-corrected chi connectivity index (χ0v) is 14.3. The summed E-state index contributed by atoms with van der Waals surface area (Å²) in [6, 6.07) is 10.7. The Kier molecular flexibility index (Phi) is 4.65. The van der Waals surface area contributed by atoms with E-state index in [1.807, 2.05) is 18.2 Å². The molecule has 0 saturated heterocycles. The number of amides is 1. The van der Waals surface area contributed by atoms with Crippen molar-refractivity contribution in [3.8, 4) is 0 Å². The predicted octanol–water partition coefficient (Wildman–Crippen LogP) is 4.81. The molecule has 2 rings (SSSR count). The van der Waals surface area contributed by atoms with Crippen LogP contribution in [0.25, 0.3) is 0 Å². The third-order valence-electron chi connectivity index (χ3n) is 2.36. The van der Waals surface area contributed by atoms with Crippen LogP contribution in [-0.4, -0.2) is 5.91 Å². The van der Waals surface area contributed by atoms with Gasteiger partial charge in [0, 0.05) is 24.7 Å². The van der Waals surface area contributed by atoms with Crippen molar-refractivity contribution in [2.24, 2.45) is 0 Å². The summed E-state index contributed by atoms with van der Waals surface area (Å²) in [5, 5.41) is 2.83. The van der Waals surface area contributed by atoms with Gasteiger partial charge in [-0.15, -0.1) is 0 Å². The first-order chi connectivity index (χ1) is 8.95. The third kappa shape index (κ3) is 3.81. The van der Waals surface area contributed by atoms with Gasteiger partial charge in [-0.3, -0.25) is 4.79 Å². The van der Waals surface area contributed by atoms with Crippen molar-refractivity contribution in [3.05, 3.63) is 55.4 Å². The summed E-state index contributed by atoms with van der Waals surface area (Å²) in [5.74, 6) is -0.216. The summed E-state index contributed by atoms with van der Waals surface area (Å²) < 4.78 is 2.47. The zero-order valence-electron chi connectivity index (χ0n) is 9.58. The largest absolute Gasteiger partial charge is 0.399 e. The van der Waals surface area contributed by atoms with Gasteiger partial charge in [0.2, 0.25) is 0 Å². The zero-order chi connectivity index (χ0) is 14.0. The van der Waals surface area contributed by atoms with Crippen LogP contribution in [0.4, 0.5) is 11.4 Å². The molecule has 0 aromatic heterocycles. The molecule has 1 amide bonds. The first-order valence-electron chi connectivity index (χ1n) is 5.28. The van der Waals surface area contributed by atoms with Crippen LogP contribution >= 0.6 is 47.8 Å². The Hall–Kier alpha value is -0.850. The molecule has 6 heteroatoms. The maximum Gasteiger partial charge on any atom is 0.255 e. The molecule has 2 aromatic rings. The molecule has 0 aliphatic carbocycles. The number of carbonyl (C=O) groups excluding carboxylic acids is 1. The second-order valence-electron chi connectivity index (χ2n) is 3.85. The van der Waals surface area contributed by atoms with E-state index in [0.717, 1.165) is 13.4 Å². The van der Waals surface area contributed by atoms with Gasteiger partial charge in [0.25, 0.3) is 5.91 Å². The average molecular weight is 449 g/mol. The van der Waals surface area contributed by atoms with Crippen LogP contribution in [0, 0.1) is 0 Å². The fourth-order valence-electron chi connectivity index (χ4n) is 1.53. The number of nitrogens with one attached hydrogen (secondary N) is 1. The lowest BCUT2D eigenvalue weighted by Crippen LogP contribution is -2.12. The second kappa shape index (κ2) is 6.07. The molecule has 3 N–H and O–H groups in total. The van der Waals surface area contributed by atoms with E-state index in [2.05, 4.69) is 53.1 Å². The van der Waals surface area contributed by atoms with Crippen molar-refractivity contribution < 1.29 is 4.79 Å². The van der Waals surface area contributed by atoms with Crippen molar-refractivity contribution in [1.29, 1.82) is 0 Å². The Balaban J connectivity index is 2.28. The van der Waals surface area contributed by atoms with Crippen LogP contribution in [0.15, 0.2) is 49.8 Å². The molecule has 0 fully saturated rings. The highest BCUT2D eigenvalue weighted by Gasteiger charge is 2.10. The SMILES string of the molecule is Nc1cc(Br)cc(C(=O)Nc2cc(Br)ccc2Br)c1. The predicted molar refractivity (Wildman–Crippen MR) is 88.3 cm³/mol. The van der Waals surface area contributed by atoms with Gasteiger partial charge in [-0.1, -0.05) is 31.9 Å². The van der Waals surface area contributed by atoms with Gasteiger partial charge in [0.15, 0.2) is 0 Å². The fourth-order valence-corrected chi connectivity index (χ4v) is 2.75. The van der Waals surface area contributed by atoms with Gasteiger partial charge in [-0.05, 0) is 52.3 Å². The van der Waals surface area contributed by atoms with E-state index in [4.69, 9.17) is 5.73 Å². The summed E-state index contributed by atoms with van der Waals surface area (Å²) in [7, 11) is 0. The van der Waals surface area contributed by atoms with E-state index >= 15 is 0 Å². The molecule has 0 radical (unpaired) electrons. The normalized spacial score (nSPS) is 10.3. The van der Waals surface area contributed by atoms with Crippen molar-refractivity contribution in [1.82, 2.24) is 0 Å². The molecular formula is C13H9Br3N2O. The highest BCUT2D eigenvalue weighted by Crippen LogP contribution is 2.27.